The number of fused-ring (bicyclic) bond motifs is 2. The molecule has 3 rings (SSSR count). The zero-order valence-electron chi connectivity index (χ0n) is 9.41. The SMILES string of the molecule is O=C1c2ccc(Cl)cc2CCc2c(Cl)ccnc21. The molecule has 0 unspecified atom stereocenters. The molecule has 0 spiro atoms. The second-order valence-electron chi connectivity index (χ2n) is 4.25. The van der Waals surface area contributed by atoms with Crippen molar-refractivity contribution in [3.8, 4) is 0 Å². The van der Waals surface area contributed by atoms with Gasteiger partial charge in [-0.2, -0.15) is 0 Å². The van der Waals surface area contributed by atoms with E-state index in [2.05, 4.69) is 4.98 Å². The fourth-order valence-corrected chi connectivity index (χ4v) is 2.72. The van der Waals surface area contributed by atoms with Gasteiger partial charge in [-0.3, -0.25) is 9.78 Å². The lowest BCUT2D eigenvalue weighted by molar-refractivity contribution is 0.103. The highest BCUT2D eigenvalue weighted by atomic mass is 35.5. The summed E-state index contributed by atoms with van der Waals surface area (Å²) in [5.41, 5.74) is 2.93. The van der Waals surface area contributed by atoms with Crippen molar-refractivity contribution in [2.45, 2.75) is 12.8 Å². The molecule has 0 saturated carbocycles. The monoisotopic (exact) mass is 277 g/mol. The molecule has 1 heterocycles. The molecule has 4 heteroatoms. The molecule has 2 aromatic rings. The second-order valence-corrected chi connectivity index (χ2v) is 5.09. The Bertz CT molecular complexity index is 652. The number of halogens is 2. The first-order valence-electron chi connectivity index (χ1n) is 5.63. The number of benzene rings is 1. The molecule has 18 heavy (non-hydrogen) atoms. The minimum Gasteiger partial charge on any atom is -0.287 e. The van der Waals surface area contributed by atoms with Gasteiger partial charge in [0.05, 0.1) is 0 Å². The van der Waals surface area contributed by atoms with E-state index in [1.165, 1.54) is 0 Å². The highest BCUT2D eigenvalue weighted by Crippen LogP contribution is 2.28. The molecule has 90 valence electrons. The number of rotatable bonds is 0. The van der Waals surface area contributed by atoms with E-state index < -0.39 is 0 Å². The molecule has 1 aromatic heterocycles. The smallest absolute Gasteiger partial charge is 0.211 e. The zero-order chi connectivity index (χ0) is 12.7. The molecule has 1 aliphatic rings. The van der Waals surface area contributed by atoms with Crippen LogP contribution in [0.1, 0.15) is 27.2 Å². The highest BCUT2D eigenvalue weighted by Gasteiger charge is 2.23. The van der Waals surface area contributed by atoms with Crippen molar-refractivity contribution in [1.82, 2.24) is 4.98 Å². The molecule has 1 aliphatic carbocycles. The average Bonchev–Trinajstić information content (AvgIpc) is 2.49. The summed E-state index contributed by atoms with van der Waals surface area (Å²) in [6.45, 7) is 0. The molecule has 0 radical (unpaired) electrons. The van der Waals surface area contributed by atoms with E-state index in [-0.39, 0.29) is 5.78 Å². The topological polar surface area (TPSA) is 30.0 Å². The van der Waals surface area contributed by atoms with Gasteiger partial charge in [0.1, 0.15) is 5.69 Å². The van der Waals surface area contributed by atoms with E-state index in [0.717, 1.165) is 17.5 Å². The number of pyridine rings is 1. The van der Waals surface area contributed by atoms with E-state index in [1.807, 2.05) is 6.07 Å². The highest BCUT2D eigenvalue weighted by molar-refractivity contribution is 6.32. The van der Waals surface area contributed by atoms with Crippen molar-refractivity contribution < 1.29 is 4.79 Å². The first-order chi connectivity index (χ1) is 8.66. The number of carbonyl (C=O) groups excluding carboxylic acids is 1. The second kappa shape index (κ2) is 4.38. The van der Waals surface area contributed by atoms with Gasteiger partial charge in [-0.1, -0.05) is 23.2 Å². The first-order valence-corrected chi connectivity index (χ1v) is 6.39. The summed E-state index contributed by atoms with van der Waals surface area (Å²) in [6.07, 6.45) is 3.03. The lowest BCUT2D eigenvalue weighted by atomic mass is 10.0. The maximum Gasteiger partial charge on any atom is 0.211 e. The number of ketones is 1. The third-order valence-corrected chi connectivity index (χ3v) is 3.76. The lowest BCUT2D eigenvalue weighted by Crippen LogP contribution is -2.06. The van der Waals surface area contributed by atoms with Crippen LogP contribution in [0, 0.1) is 0 Å². The molecular weight excluding hydrogens is 269 g/mol. The Balaban J connectivity index is 2.22. The summed E-state index contributed by atoms with van der Waals surface area (Å²) in [5.74, 6) is -0.0725. The zero-order valence-corrected chi connectivity index (χ0v) is 10.9. The number of nitrogens with zero attached hydrogens (tertiary/aromatic N) is 1. The third kappa shape index (κ3) is 1.82. The van der Waals surface area contributed by atoms with Gasteiger partial charge in [0, 0.05) is 27.4 Å². The maximum absolute atomic E-state index is 12.4. The Hall–Kier alpha value is -1.38. The molecular formula is C14H9Cl2NO. The van der Waals surface area contributed by atoms with Gasteiger partial charge in [0.2, 0.25) is 5.78 Å². The van der Waals surface area contributed by atoms with Crippen molar-refractivity contribution in [2.75, 3.05) is 0 Å². The number of carbonyl (C=O) groups is 1. The van der Waals surface area contributed by atoms with Crippen LogP contribution in [0.5, 0.6) is 0 Å². The van der Waals surface area contributed by atoms with Crippen LogP contribution < -0.4 is 0 Å². The Kier molecular flexibility index (Phi) is 2.84. The van der Waals surface area contributed by atoms with E-state index in [4.69, 9.17) is 23.2 Å². The summed E-state index contributed by atoms with van der Waals surface area (Å²) in [6, 6.07) is 7.05. The average molecular weight is 278 g/mol. The van der Waals surface area contributed by atoms with E-state index in [9.17, 15) is 4.79 Å². The summed E-state index contributed by atoms with van der Waals surface area (Å²) < 4.78 is 0. The minimum absolute atomic E-state index is 0.0725. The fraction of sp³-hybridized carbons (Fsp3) is 0.143. The standard InChI is InChI=1S/C14H9Cl2NO/c15-9-2-4-10-8(7-9)1-3-11-12(16)5-6-17-13(11)14(10)18/h2,4-7H,1,3H2. The van der Waals surface area contributed by atoms with E-state index in [0.29, 0.717) is 27.7 Å². The number of aromatic nitrogens is 1. The summed E-state index contributed by atoms with van der Waals surface area (Å²) in [5, 5.41) is 1.25. The van der Waals surface area contributed by atoms with Crippen LogP contribution in [-0.4, -0.2) is 10.8 Å². The Labute approximate surface area is 115 Å². The summed E-state index contributed by atoms with van der Waals surface area (Å²) in [4.78, 5) is 16.6. The van der Waals surface area contributed by atoms with Crippen LogP contribution in [-0.2, 0) is 12.8 Å². The summed E-state index contributed by atoms with van der Waals surface area (Å²) >= 11 is 12.1. The van der Waals surface area contributed by atoms with Crippen LogP contribution in [0.3, 0.4) is 0 Å². The van der Waals surface area contributed by atoms with Crippen LogP contribution >= 0.6 is 23.2 Å². The van der Waals surface area contributed by atoms with Gasteiger partial charge < -0.3 is 0 Å². The maximum atomic E-state index is 12.4. The predicted octanol–water partition coefficient (Wildman–Crippen LogP) is 3.72. The molecule has 0 aliphatic heterocycles. The van der Waals surface area contributed by atoms with Gasteiger partial charge in [-0.25, -0.2) is 0 Å². The van der Waals surface area contributed by atoms with Crippen LogP contribution in [0.15, 0.2) is 30.5 Å². The van der Waals surface area contributed by atoms with Gasteiger partial charge in [-0.05, 0) is 42.7 Å². The van der Waals surface area contributed by atoms with Crippen molar-refractivity contribution >= 4 is 29.0 Å². The predicted molar refractivity (Wildman–Crippen MR) is 71.5 cm³/mol. The Morgan fingerprint density at radius 3 is 2.78 bits per heavy atom. The van der Waals surface area contributed by atoms with Crippen molar-refractivity contribution in [2.24, 2.45) is 0 Å². The third-order valence-electron chi connectivity index (χ3n) is 3.17. The molecule has 0 bridgehead atoms. The van der Waals surface area contributed by atoms with Crippen LogP contribution in [0.4, 0.5) is 0 Å². The molecule has 0 saturated heterocycles. The molecule has 0 fully saturated rings. The normalized spacial score (nSPS) is 13.8. The lowest BCUT2D eigenvalue weighted by Gasteiger charge is -2.05. The quantitative estimate of drug-likeness (QED) is 0.735. The Morgan fingerprint density at radius 2 is 1.94 bits per heavy atom. The molecule has 0 atom stereocenters. The van der Waals surface area contributed by atoms with Gasteiger partial charge in [0.15, 0.2) is 0 Å². The van der Waals surface area contributed by atoms with Crippen molar-refractivity contribution in [3.05, 3.63) is 62.9 Å². The van der Waals surface area contributed by atoms with Gasteiger partial charge in [-0.15, -0.1) is 0 Å². The summed E-state index contributed by atoms with van der Waals surface area (Å²) in [7, 11) is 0. The molecule has 0 amide bonds. The number of hydrogen-bond acceptors (Lipinski definition) is 2. The van der Waals surface area contributed by atoms with Gasteiger partial charge >= 0.3 is 0 Å². The van der Waals surface area contributed by atoms with E-state index >= 15 is 0 Å². The van der Waals surface area contributed by atoms with Crippen molar-refractivity contribution in [1.29, 1.82) is 0 Å². The number of hydrogen-bond donors (Lipinski definition) is 0. The minimum atomic E-state index is -0.0725. The van der Waals surface area contributed by atoms with Crippen molar-refractivity contribution in [3.63, 3.8) is 0 Å². The molecule has 2 nitrogen and oxygen atoms in total. The van der Waals surface area contributed by atoms with Crippen LogP contribution in [0.2, 0.25) is 10.0 Å². The van der Waals surface area contributed by atoms with E-state index in [1.54, 1.807) is 24.4 Å². The number of aryl methyl sites for hydroxylation is 1. The Morgan fingerprint density at radius 1 is 1.11 bits per heavy atom. The van der Waals surface area contributed by atoms with Crippen LogP contribution in [0.25, 0.3) is 0 Å². The molecule has 1 aromatic carbocycles. The fourth-order valence-electron chi connectivity index (χ4n) is 2.28. The van der Waals surface area contributed by atoms with Gasteiger partial charge in [0.25, 0.3) is 0 Å². The molecule has 0 N–H and O–H groups in total. The first kappa shape index (κ1) is 11.7. The largest absolute Gasteiger partial charge is 0.287 e.